The maximum absolute atomic E-state index is 13.6. The second kappa shape index (κ2) is 12.1. The van der Waals surface area contributed by atoms with E-state index >= 15 is 0 Å². The van der Waals surface area contributed by atoms with Gasteiger partial charge < -0.3 is 4.90 Å². The van der Waals surface area contributed by atoms with Gasteiger partial charge in [0.25, 0.3) is 5.91 Å². The Morgan fingerprint density at radius 3 is 2.29 bits per heavy atom. The SMILES string of the molecule is CCCCN(CC)S(=O)(=O)c1ccc(C(=O)N(CCCN(C)C)c2nc3c(C)cccc3s2)cc1. The molecule has 0 radical (unpaired) electrons. The molecule has 190 valence electrons. The third-order valence-electron chi connectivity index (χ3n) is 5.93. The minimum atomic E-state index is -3.59. The summed E-state index contributed by atoms with van der Waals surface area (Å²) in [6, 6.07) is 12.3. The van der Waals surface area contributed by atoms with Crippen molar-refractivity contribution < 1.29 is 13.2 Å². The van der Waals surface area contributed by atoms with E-state index < -0.39 is 10.0 Å². The molecule has 3 aromatic rings. The lowest BCUT2D eigenvalue weighted by Crippen LogP contribution is -2.34. The van der Waals surface area contributed by atoms with Crippen molar-refractivity contribution in [2.24, 2.45) is 0 Å². The Balaban J connectivity index is 1.90. The number of sulfonamides is 1. The zero-order valence-corrected chi connectivity index (χ0v) is 23.0. The van der Waals surface area contributed by atoms with E-state index in [-0.39, 0.29) is 10.8 Å². The lowest BCUT2D eigenvalue weighted by molar-refractivity contribution is 0.0986. The topological polar surface area (TPSA) is 73.8 Å². The number of benzene rings is 2. The first-order valence-corrected chi connectivity index (χ1v) is 14.4. The van der Waals surface area contributed by atoms with E-state index in [0.717, 1.165) is 41.6 Å². The van der Waals surface area contributed by atoms with Crippen LogP contribution in [0.1, 0.15) is 49.0 Å². The van der Waals surface area contributed by atoms with E-state index in [1.807, 2.05) is 53.1 Å². The number of hydrogen-bond acceptors (Lipinski definition) is 6. The molecule has 0 fully saturated rings. The average Bonchev–Trinajstić information content (AvgIpc) is 3.27. The van der Waals surface area contributed by atoms with Crippen LogP contribution in [0.25, 0.3) is 10.2 Å². The van der Waals surface area contributed by atoms with Crippen LogP contribution < -0.4 is 4.90 Å². The number of nitrogens with zero attached hydrogens (tertiary/aromatic N) is 4. The molecule has 0 N–H and O–H groups in total. The fourth-order valence-electron chi connectivity index (χ4n) is 3.88. The summed E-state index contributed by atoms with van der Waals surface area (Å²) < 4.78 is 28.7. The molecule has 0 aliphatic heterocycles. The molecular weight excluding hydrogens is 480 g/mol. The molecule has 9 heteroatoms. The first-order chi connectivity index (χ1) is 16.7. The van der Waals surface area contributed by atoms with Crippen LogP contribution in [0.4, 0.5) is 5.13 Å². The van der Waals surface area contributed by atoms with Gasteiger partial charge in [0.2, 0.25) is 10.0 Å². The van der Waals surface area contributed by atoms with Crippen molar-refractivity contribution in [1.82, 2.24) is 14.2 Å². The fourth-order valence-corrected chi connectivity index (χ4v) is 6.43. The van der Waals surface area contributed by atoms with Crippen molar-refractivity contribution in [3.8, 4) is 0 Å². The van der Waals surface area contributed by atoms with Crippen LogP contribution in [0.15, 0.2) is 47.4 Å². The number of aryl methyl sites for hydroxylation is 1. The number of hydrogen-bond donors (Lipinski definition) is 0. The number of amides is 1. The Morgan fingerprint density at radius 1 is 0.971 bits per heavy atom. The van der Waals surface area contributed by atoms with E-state index in [2.05, 4.69) is 4.90 Å². The quantitative estimate of drug-likeness (QED) is 0.338. The van der Waals surface area contributed by atoms with Gasteiger partial charge in [-0.15, -0.1) is 0 Å². The summed E-state index contributed by atoms with van der Waals surface area (Å²) in [5, 5.41) is 0.659. The maximum Gasteiger partial charge on any atom is 0.260 e. The van der Waals surface area contributed by atoms with Crippen molar-refractivity contribution in [2.75, 3.05) is 45.2 Å². The van der Waals surface area contributed by atoms with Crippen molar-refractivity contribution in [3.63, 3.8) is 0 Å². The van der Waals surface area contributed by atoms with Gasteiger partial charge in [-0.3, -0.25) is 9.69 Å². The van der Waals surface area contributed by atoms with Gasteiger partial charge in [-0.1, -0.05) is 43.7 Å². The summed E-state index contributed by atoms with van der Waals surface area (Å²) >= 11 is 1.50. The van der Waals surface area contributed by atoms with E-state index in [9.17, 15) is 13.2 Å². The molecule has 0 aliphatic rings. The lowest BCUT2D eigenvalue weighted by atomic mass is 10.2. The van der Waals surface area contributed by atoms with Gasteiger partial charge in [0, 0.05) is 25.2 Å². The summed E-state index contributed by atoms with van der Waals surface area (Å²) in [4.78, 5) is 22.4. The number of anilines is 1. The highest BCUT2D eigenvalue weighted by molar-refractivity contribution is 7.89. The minimum Gasteiger partial charge on any atom is -0.309 e. The van der Waals surface area contributed by atoms with Crippen LogP contribution in [-0.4, -0.2) is 68.8 Å². The molecule has 3 rings (SSSR count). The van der Waals surface area contributed by atoms with E-state index in [1.165, 1.54) is 27.8 Å². The van der Waals surface area contributed by atoms with Gasteiger partial charge >= 0.3 is 0 Å². The number of carbonyl (C=O) groups excluding carboxylic acids is 1. The molecule has 1 aromatic heterocycles. The largest absolute Gasteiger partial charge is 0.309 e. The maximum atomic E-state index is 13.6. The molecule has 2 aromatic carbocycles. The summed E-state index contributed by atoms with van der Waals surface area (Å²) in [6.07, 6.45) is 2.53. The molecule has 7 nitrogen and oxygen atoms in total. The number of aromatic nitrogens is 1. The Morgan fingerprint density at radius 2 is 1.69 bits per heavy atom. The Hall–Kier alpha value is -2.33. The minimum absolute atomic E-state index is 0.178. The standard InChI is InChI=1S/C26H36N4O3S2/c1-6-8-18-29(7-2)35(32,33)22-15-13-21(14-16-22)25(31)30(19-10-17-28(4)5)26-27-24-20(3)11-9-12-23(24)34-26/h9,11-16H,6-8,10,17-19H2,1-5H3. The summed E-state index contributed by atoms with van der Waals surface area (Å²) in [5.74, 6) is -0.178. The molecule has 0 aliphatic carbocycles. The lowest BCUT2D eigenvalue weighted by Gasteiger charge is -2.22. The number of rotatable bonds is 12. The highest BCUT2D eigenvalue weighted by Crippen LogP contribution is 2.31. The third kappa shape index (κ3) is 6.46. The molecule has 1 heterocycles. The first-order valence-electron chi connectivity index (χ1n) is 12.1. The number of thiazole rings is 1. The molecule has 0 saturated heterocycles. The second-order valence-corrected chi connectivity index (χ2v) is 11.9. The van der Waals surface area contributed by atoms with E-state index in [0.29, 0.717) is 30.3 Å². The Kier molecular flexibility index (Phi) is 9.40. The number of para-hydroxylation sites is 1. The van der Waals surface area contributed by atoms with Crippen LogP contribution in [-0.2, 0) is 10.0 Å². The number of carbonyl (C=O) groups is 1. The molecular formula is C26H36N4O3S2. The molecule has 0 spiro atoms. The number of unbranched alkanes of at least 4 members (excludes halogenated alkanes) is 1. The van der Waals surface area contributed by atoms with Gasteiger partial charge in [-0.2, -0.15) is 4.31 Å². The van der Waals surface area contributed by atoms with Crippen LogP contribution in [0.2, 0.25) is 0 Å². The normalized spacial score (nSPS) is 12.1. The third-order valence-corrected chi connectivity index (χ3v) is 8.96. The number of fused-ring (bicyclic) bond motifs is 1. The van der Waals surface area contributed by atoms with Crippen molar-refractivity contribution >= 4 is 42.6 Å². The molecule has 0 unspecified atom stereocenters. The van der Waals surface area contributed by atoms with Crippen molar-refractivity contribution in [3.05, 3.63) is 53.6 Å². The monoisotopic (exact) mass is 516 g/mol. The van der Waals surface area contributed by atoms with Crippen LogP contribution in [0.3, 0.4) is 0 Å². The highest BCUT2D eigenvalue weighted by atomic mass is 32.2. The van der Waals surface area contributed by atoms with Gasteiger partial charge in [-0.25, -0.2) is 13.4 Å². The van der Waals surface area contributed by atoms with Gasteiger partial charge in [0.1, 0.15) is 0 Å². The predicted octanol–water partition coefficient (Wildman–Crippen LogP) is 5.01. The van der Waals surface area contributed by atoms with Crippen LogP contribution in [0, 0.1) is 6.92 Å². The van der Waals surface area contributed by atoms with E-state index in [4.69, 9.17) is 4.98 Å². The smallest absolute Gasteiger partial charge is 0.260 e. The van der Waals surface area contributed by atoms with Crippen LogP contribution >= 0.6 is 11.3 Å². The molecule has 0 bridgehead atoms. The molecule has 1 amide bonds. The summed E-state index contributed by atoms with van der Waals surface area (Å²) in [6.45, 7) is 8.18. The average molecular weight is 517 g/mol. The second-order valence-electron chi connectivity index (χ2n) is 8.91. The summed E-state index contributed by atoms with van der Waals surface area (Å²) in [7, 11) is 0.421. The van der Waals surface area contributed by atoms with Gasteiger partial charge in [0.05, 0.1) is 15.1 Å². The zero-order valence-electron chi connectivity index (χ0n) is 21.3. The Bertz CT molecular complexity index is 1240. The molecule has 0 atom stereocenters. The van der Waals surface area contributed by atoms with Crippen LogP contribution in [0.5, 0.6) is 0 Å². The fraction of sp³-hybridized carbons (Fsp3) is 0.462. The molecule has 35 heavy (non-hydrogen) atoms. The first kappa shape index (κ1) is 27.3. The highest BCUT2D eigenvalue weighted by Gasteiger charge is 2.25. The van der Waals surface area contributed by atoms with Gasteiger partial charge in [-0.05, 0) is 76.3 Å². The summed E-state index contributed by atoms with van der Waals surface area (Å²) in [5.41, 5.74) is 2.43. The zero-order chi connectivity index (χ0) is 25.6. The van der Waals surface area contributed by atoms with Gasteiger partial charge in [0.15, 0.2) is 5.13 Å². The predicted molar refractivity (Wildman–Crippen MR) is 145 cm³/mol. The van der Waals surface area contributed by atoms with Crippen molar-refractivity contribution in [2.45, 2.75) is 44.9 Å². The van der Waals surface area contributed by atoms with Crippen molar-refractivity contribution in [1.29, 1.82) is 0 Å². The van der Waals surface area contributed by atoms with E-state index in [1.54, 1.807) is 17.0 Å². The Labute approximate surface area is 213 Å². The molecule has 0 saturated carbocycles.